The van der Waals surface area contributed by atoms with Crippen LogP contribution in [0.1, 0.15) is 37.7 Å². The summed E-state index contributed by atoms with van der Waals surface area (Å²) in [6.07, 6.45) is 6.79. The van der Waals surface area contributed by atoms with Crippen LogP contribution in [0.25, 0.3) is 11.3 Å². The molecule has 4 heteroatoms. The van der Waals surface area contributed by atoms with Gasteiger partial charge in [0.15, 0.2) is 5.13 Å². The largest absolute Gasteiger partial charge is 0.375 e. The van der Waals surface area contributed by atoms with Gasteiger partial charge in [-0.25, -0.2) is 4.98 Å². The number of anilines is 1. The maximum Gasteiger partial charge on any atom is 0.180 e. The molecular formula is C16H21N3S. The second-order valence-electron chi connectivity index (χ2n) is 5.49. The molecule has 1 saturated carbocycles. The van der Waals surface area contributed by atoms with Crippen LogP contribution >= 0.6 is 11.3 Å². The molecule has 0 unspecified atom stereocenters. The predicted octanol–water partition coefficient (Wildman–Crippen LogP) is 3.81. The van der Waals surface area contributed by atoms with Gasteiger partial charge in [-0.15, -0.1) is 11.3 Å². The van der Waals surface area contributed by atoms with Gasteiger partial charge in [0, 0.05) is 23.5 Å². The van der Waals surface area contributed by atoms with E-state index in [9.17, 15) is 0 Å². The molecule has 3 N–H and O–H groups in total. The van der Waals surface area contributed by atoms with Crippen LogP contribution in [-0.2, 0) is 6.54 Å². The summed E-state index contributed by atoms with van der Waals surface area (Å²) in [5.41, 5.74) is 9.16. The van der Waals surface area contributed by atoms with Gasteiger partial charge in [0.2, 0.25) is 0 Å². The molecule has 1 fully saturated rings. The Balaban J connectivity index is 1.65. The standard InChI is InChI=1S/C16H21N3S/c17-16-19-15(11-20-16)13-6-4-5-12(9-13)10-18-14-7-2-1-3-8-14/h4-6,9,11,14,18H,1-3,7-8,10H2,(H2,17,19). The van der Waals surface area contributed by atoms with E-state index < -0.39 is 0 Å². The van der Waals surface area contributed by atoms with Crippen LogP contribution in [-0.4, -0.2) is 11.0 Å². The van der Waals surface area contributed by atoms with Crippen molar-refractivity contribution in [1.82, 2.24) is 10.3 Å². The fraction of sp³-hybridized carbons (Fsp3) is 0.438. The summed E-state index contributed by atoms with van der Waals surface area (Å²) >= 11 is 1.49. The molecular weight excluding hydrogens is 266 g/mol. The fourth-order valence-corrected chi connectivity index (χ4v) is 3.40. The molecule has 0 spiro atoms. The number of thiazole rings is 1. The fourth-order valence-electron chi connectivity index (χ4n) is 2.83. The highest BCUT2D eigenvalue weighted by molar-refractivity contribution is 7.13. The molecule has 0 radical (unpaired) electrons. The summed E-state index contributed by atoms with van der Waals surface area (Å²) in [5.74, 6) is 0. The molecule has 1 heterocycles. The van der Waals surface area contributed by atoms with Gasteiger partial charge in [0.25, 0.3) is 0 Å². The van der Waals surface area contributed by atoms with E-state index in [-0.39, 0.29) is 0 Å². The first kappa shape index (κ1) is 13.6. The van der Waals surface area contributed by atoms with Crippen molar-refractivity contribution < 1.29 is 0 Å². The van der Waals surface area contributed by atoms with Crippen molar-refractivity contribution in [2.75, 3.05) is 5.73 Å². The first-order valence-corrected chi connectivity index (χ1v) is 8.23. The predicted molar refractivity (Wildman–Crippen MR) is 85.7 cm³/mol. The molecule has 106 valence electrons. The van der Waals surface area contributed by atoms with Crippen molar-refractivity contribution >= 4 is 16.5 Å². The van der Waals surface area contributed by atoms with Crippen molar-refractivity contribution in [3.05, 3.63) is 35.2 Å². The number of nitrogens with one attached hydrogen (secondary N) is 1. The lowest BCUT2D eigenvalue weighted by atomic mass is 9.95. The van der Waals surface area contributed by atoms with E-state index in [1.165, 1.54) is 49.0 Å². The molecule has 1 aromatic carbocycles. The van der Waals surface area contributed by atoms with Crippen LogP contribution < -0.4 is 11.1 Å². The Morgan fingerprint density at radius 3 is 2.85 bits per heavy atom. The molecule has 0 bridgehead atoms. The third-order valence-electron chi connectivity index (χ3n) is 3.94. The maximum absolute atomic E-state index is 5.71. The van der Waals surface area contributed by atoms with Gasteiger partial charge in [-0.3, -0.25) is 0 Å². The SMILES string of the molecule is Nc1nc(-c2cccc(CNC3CCCCC3)c2)cs1. The van der Waals surface area contributed by atoms with Crippen LogP contribution in [0.4, 0.5) is 5.13 Å². The summed E-state index contributed by atoms with van der Waals surface area (Å²) in [5, 5.41) is 6.33. The normalized spacial score (nSPS) is 16.4. The number of benzene rings is 1. The van der Waals surface area contributed by atoms with E-state index in [4.69, 9.17) is 5.73 Å². The zero-order chi connectivity index (χ0) is 13.8. The Morgan fingerprint density at radius 1 is 1.25 bits per heavy atom. The van der Waals surface area contributed by atoms with Gasteiger partial charge >= 0.3 is 0 Å². The zero-order valence-electron chi connectivity index (χ0n) is 11.6. The van der Waals surface area contributed by atoms with Crippen LogP contribution in [0.3, 0.4) is 0 Å². The Bertz CT molecular complexity index is 558. The summed E-state index contributed by atoms with van der Waals surface area (Å²) in [7, 11) is 0. The lowest BCUT2D eigenvalue weighted by molar-refractivity contribution is 0.372. The quantitative estimate of drug-likeness (QED) is 0.899. The first-order chi connectivity index (χ1) is 9.81. The Hall–Kier alpha value is -1.39. The molecule has 3 nitrogen and oxygen atoms in total. The highest BCUT2D eigenvalue weighted by atomic mass is 32.1. The summed E-state index contributed by atoms with van der Waals surface area (Å²) in [6.45, 7) is 0.943. The third kappa shape index (κ3) is 3.38. The summed E-state index contributed by atoms with van der Waals surface area (Å²) in [6, 6.07) is 9.28. The minimum Gasteiger partial charge on any atom is -0.375 e. The van der Waals surface area contributed by atoms with Crippen molar-refractivity contribution in [2.24, 2.45) is 0 Å². The molecule has 3 rings (SSSR count). The van der Waals surface area contributed by atoms with Crippen LogP contribution in [0.2, 0.25) is 0 Å². The Morgan fingerprint density at radius 2 is 2.10 bits per heavy atom. The van der Waals surface area contributed by atoms with Gasteiger partial charge < -0.3 is 11.1 Å². The number of rotatable bonds is 4. The highest BCUT2D eigenvalue weighted by Gasteiger charge is 2.12. The van der Waals surface area contributed by atoms with Gasteiger partial charge in [0.05, 0.1) is 5.69 Å². The molecule has 20 heavy (non-hydrogen) atoms. The number of nitrogens with zero attached hydrogens (tertiary/aromatic N) is 1. The number of aromatic nitrogens is 1. The first-order valence-electron chi connectivity index (χ1n) is 7.35. The number of hydrogen-bond acceptors (Lipinski definition) is 4. The molecule has 1 aliphatic carbocycles. The van der Waals surface area contributed by atoms with E-state index in [1.54, 1.807) is 0 Å². The van der Waals surface area contributed by atoms with E-state index >= 15 is 0 Å². The molecule has 1 aromatic heterocycles. The van der Waals surface area contributed by atoms with Crippen LogP contribution in [0.15, 0.2) is 29.6 Å². The number of nitrogen functional groups attached to an aromatic ring is 1. The van der Waals surface area contributed by atoms with Gasteiger partial charge in [-0.05, 0) is 24.5 Å². The van der Waals surface area contributed by atoms with Gasteiger partial charge in [-0.2, -0.15) is 0 Å². The monoisotopic (exact) mass is 287 g/mol. The number of hydrogen-bond donors (Lipinski definition) is 2. The second-order valence-corrected chi connectivity index (χ2v) is 6.38. The molecule has 0 saturated heterocycles. The summed E-state index contributed by atoms with van der Waals surface area (Å²) < 4.78 is 0. The Labute approximate surface area is 124 Å². The van der Waals surface area contributed by atoms with Crippen molar-refractivity contribution in [2.45, 2.75) is 44.7 Å². The third-order valence-corrected chi connectivity index (χ3v) is 4.62. The average Bonchev–Trinajstić information content (AvgIpc) is 2.93. The van der Waals surface area contributed by atoms with Crippen LogP contribution in [0, 0.1) is 0 Å². The molecule has 2 aromatic rings. The Kier molecular flexibility index (Phi) is 4.33. The van der Waals surface area contributed by atoms with Gasteiger partial charge in [-0.1, -0.05) is 37.5 Å². The smallest absolute Gasteiger partial charge is 0.180 e. The average molecular weight is 287 g/mol. The topological polar surface area (TPSA) is 50.9 Å². The molecule has 0 aliphatic heterocycles. The van der Waals surface area contributed by atoms with Crippen molar-refractivity contribution in [3.8, 4) is 11.3 Å². The zero-order valence-corrected chi connectivity index (χ0v) is 12.5. The molecule has 1 aliphatic rings. The molecule has 0 atom stereocenters. The van der Waals surface area contributed by atoms with E-state index in [0.29, 0.717) is 11.2 Å². The lowest BCUT2D eigenvalue weighted by Gasteiger charge is -2.22. The molecule has 0 amide bonds. The summed E-state index contributed by atoms with van der Waals surface area (Å²) in [4.78, 5) is 4.35. The van der Waals surface area contributed by atoms with Crippen molar-refractivity contribution in [3.63, 3.8) is 0 Å². The van der Waals surface area contributed by atoms with Crippen molar-refractivity contribution in [1.29, 1.82) is 0 Å². The maximum atomic E-state index is 5.71. The van der Waals surface area contributed by atoms with Crippen LogP contribution in [0.5, 0.6) is 0 Å². The second kappa shape index (κ2) is 6.37. The van der Waals surface area contributed by atoms with E-state index in [1.807, 2.05) is 5.38 Å². The minimum atomic E-state index is 0.630. The number of nitrogens with two attached hydrogens (primary N) is 1. The lowest BCUT2D eigenvalue weighted by Crippen LogP contribution is -2.30. The minimum absolute atomic E-state index is 0.630. The van der Waals surface area contributed by atoms with E-state index in [0.717, 1.165) is 17.8 Å². The van der Waals surface area contributed by atoms with E-state index in [2.05, 4.69) is 34.6 Å². The van der Waals surface area contributed by atoms with Gasteiger partial charge in [0.1, 0.15) is 0 Å². The highest BCUT2D eigenvalue weighted by Crippen LogP contribution is 2.24.